The summed E-state index contributed by atoms with van der Waals surface area (Å²) in [7, 11) is 1.58. The zero-order chi connectivity index (χ0) is 19.2. The van der Waals surface area contributed by atoms with Gasteiger partial charge in [-0.2, -0.15) is 0 Å². The van der Waals surface area contributed by atoms with Crippen LogP contribution in [0.3, 0.4) is 0 Å². The summed E-state index contributed by atoms with van der Waals surface area (Å²) in [5.41, 5.74) is 3.05. The SMILES string of the molecule is CCCC(C)(OC)C(=O)Nc1cc(C)c(OCc2ccccc2)c(C)c1. The van der Waals surface area contributed by atoms with E-state index in [0.717, 1.165) is 34.5 Å². The molecule has 140 valence electrons. The van der Waals surface area contributed by atoms with E-state index in [2.05, 4.69) is 5.32 Å². The maximum atomic E-state index is 12.6. The van der Waals surface area contributed by atoms with Crippen LogP contribution in [-0.2, 0) is 16.1 Å². The van der Waals surface area contributed by atoms with Gasteiger partial charge in [0, 0.05) is 12.8 Å². The second-order valence-electron chi connectivity index (χ2n) is 6.85. The summed E-state index contributed by atoms with van der Waals surface area (Å²) in [6.07, 6.45) is 1.55. The van der Waals surface area contributed by atoms with E-state index in [1.807, 2.05) is 70.2 Å². The third-order valence-corrected chi connectivity index (χ3v) is 4.60. The van der Waals surface area contributed by atoms with E-state index in [0.29, 0.717) is 13.0 Å². The van der Waals surface area contributed by atoms with Crippen molar-refractivity contribution in [1.29, 1.82) is 0 Å². The smallest absolute Gasteiger partial charge is 0.256 e. The summed E-state index contributed by atoms with van der Waals surface area (Å²) >= 11 is 0. The molecule has 0 bridgehead atoms. The lowest BCUT2D eigenvalue weighted by Crippen LogP contribution is -2.41. The lowest BCUT2D eigenvalue weighted by Gasteiger charge is -2.26. The summed E-state index contributed by atoms with van der Waals surface area (Å²) in [6.45, 7) is 8.36. The van der Waals surface area contributed by atoms with Crippen molar-refractivity contribution in [3.8, 4) is 5.75 Å². The van der Waals surface area contributed by atoms with Crippen LogP contribution in [0.4, 0.5) is 5.69 Å². The molecule has 1 atom stereocenters. The first-order chi connectivity index (χ1) is 12.4. The van der Waals surface area contributed by atoms with Gasteiger partial charge in [0.05, 0.1) is 0 Å². The Balaban J connectivity index is 2.12. The van der Waals surface area contributed by atoms with Crippen LogP contribution in [0.25, 0.3) is 0 Å². The molecule has 2 aromatic carbocycles. The van der Waals surface area contributed by atoms with Crippen LogP contribution in [0.5, 0.6) is 5.75 Å². The van der Waals surface area contributed by atoms with Crippen LogP contribution in [0.15, 0.2) is 42.5 Å². The van der Waals surface area contributed by atoms with Gasteiger partial charge in [-0.1, -0.05) is 43.7 Å². The number of carbonyl (C=O) groups is 1. The molecule has 1 unspecified atom stereocenters. The fraction of sp³-hybridized carbons (Fsp3) is 0.409. The van der Waals surface area contributed by atoms with Gasteiger partial charge in [-0.25, -0.2) is 0 Å². The van der Waals surface area contributed by atoms with Crippen LogP contribution >= 0.6 is 0 Å². The molecule has 0 aromatic heterocycles. The van der Waals surface area contributed by atoms with Gasteiger partial charge in [-0.15, -0.1) is 0 Å². The van der Waals surface area contributed by atoms with E-state index in [1.165, 1.54) is 0 Å². The highest BCUT2D eigenvalue weighted by Gasteiger charge is 2.32. The lowest BCUT2D eigenvalue weighted by atomic mass is 9.99. The number of amides is 1. The molecule has 0 fully saturated rings. The molecule has 0 saturated carbocycles. The molecule has 0 aliphatic carbocycles. The minimum atomic E-state index is -0.820. The Morgan fingerprint density at radius 2 is 1.73 bits per heavy atom. The maximum absolute atomic E-state index is 12.6. The first-order valence-corrected chi connectivity index (χ1v) is 9.04. The van der Waals surface area contributed by atoms with Crippen LogP contribution in [0.2, 0.25) is 0 Å². The second-order valence-corrected chi connectivity index (χ2v) is 6.85. The number of carbonyl (C=O) groups excluding carboxylic acids is 1. The second kappa shape index (κ2) is 8.86. The number of methoxy groups -OCH3 is 1. The standard InChI is InChI=1S/C22H29NO3/c1-6-12-22(4,25-5)21(24)23-19-13-16(2)20(17(3)14-19)26-15-18-10-8-7-9-11-18/h7-11,13-14H,6,12,15H2,1-5H3,(H,23,24). The average molecular weight is 355 g/mol. The largest absolute Gasteiger partial charge is 0.488 e. The summed E-state index contributed by atoms with van der Waals surface area (Å²) in [6, 6.07) is 13.9. The Labute approximate surface area is 156 Å². The highest BCUT2D eigenvalue weighted by atomic mass is 16.5. The van der Waals surface area contributed by atoms with Gasteiger partial charge in [-0.05, 0) is 56.0 Å². The molecule has 26 heavy (non-hydrogen) atoms. The van der Waals surface area contributed by atoms with Crippen molar-refractivity contribution < 1.29 is 14.3 Å². The Bertz CT molecular complexity index is 719. The monoisotopic (exact) mass is 355 g/mol. The molecule has 2 rings (SSSR count). The van der Waals surface area contributed by atoms with Gasteiger partial charge >= 0.3 is 0 Å². The number of benzene rings is 2. The molecule has 0 spiro atoms. The van der Waals surface area contributed by atoms with Gasteiger partial charge in [0.15, 0.2) is 0 Å². The number of hydrogen-bond donors (Lipinski definition) is 1. The number of nitrogens with one attached hydrogen (secondary N) is 1. The number of aryl methyl sites for hydroxylation is 2. The number of hydrogen-bond acceptors (Lipinski definition) is 3. The fourth-order valence-electron chi connectivity index (χ4n) is 3.03. The molecule has 1 N–H and O–H groups in total. The van der Waals surface area contributed by atoms with Crippen LogP contribution in [-0.4, -0.2) is 18.6 Å². The normalized spacial score (nSPS) is 13.1. The first-order valence-electron chi connectivity index (χ1n) is 9.04. The van der Waals surface area contributed by atoms with Gasteiger partial charge in [0.25, 0.3) is 5.91 Å². The van der Waals surface area contributed by atoms with Crippen molar-refractivity contribution in [1.82, 2.24) is 0 Å². The number of rotatable bonds is 8. The molecule has 4 heteroatoms. The highest BCUT2D eigenvalue weighted by molar-refractivity contribution is 5.97. The van der Waals surface area contributed by atoms with Crippen molar-refractivity contribution in [2.45, 2.75) is 52.7 Å². The zero-order valence-corrected chi connectivity index (χ0v) is 16.4. The predicted molar refractivity (Wildman–Crippen MR) is 106 cm³/mol. The lowest BCUT2D eigenvalue weighted by molar-refractivity contribution is -0.136. The van der Waals surface area contributed by atoms with Crippen LogP contribution < -0.4 is 10.1 Å². The Morgan fingerprint density at radius 1 is 1.12 bits per heavy atom. The Hall–Kier alpha value is -2.33. The summed E-state index contributed by atoms with van der Waals surface area (Å²) < 4.78 is 11.5. The molecule has 0 heterocycles. The summed E-state index contributed by atoms with van der Waals surface area (Å²) in [5, 5.41) is 2.98. The topological polar surface area (TPSA) is 47.6 Å². The molecule has 2 aromatic rings. The molecular weight excluding hydrogens is 326 g/mol. The van der Waals surface area contributed by atoms with Gasteiger partial charge in [0.1, 0.15) is 18.0 Å². The Kier molecular flexibility index (Phi) is 6.81. The first kappa shape index (κ1) is 20.0. The van der Waals surface area contributed by atoms with Crippen molar-refractivity contribution in [3.05, 3.63) is 59.2 Å². The fourth-order valence-corrected chi connectivity index (χ4v) is 3.03. The number of ether oxygens (including phenoxy) is 2. The van der Waals surface area contributed by atoms with Gasteiger partial charge in [-0.3, -0.25) is 4.79 Å². The molecule has 0 aliphatic rings. The average Bonchev–Trinajstić information content (AvgIpc) is 2.62. The van der Waals surface area contributed by atoms with Gasteiger partial charge < -0.3 is 14.8 Å². The minimum Gasteiger partial charge on any atom is -0.488 e. The molecule has 4 nitrogen and oxygen atoms in total. The minimum absolute atomic E-state index is 0.126. The predicted octanol–water partition coefficient (Wildman–Crippen LogP) is 5.03. The van der Waals surface area contributed by atoms with E-state index in [9.17, 15) is 4.79 Å². The Morgan fingerprint density at radius 3 is 2.27 bits per heavy atom. The summed E-state index contributed by atoms with van der Waals surface area (Å²) in [5.74, 6) is 0.730. The zero-order valence-electron chi connectivity index (χ0n) is 16.4. The van der Waals surface area contributed by atoms with E-state index in [4.69, 9.17) is 9.47 Å². The van der Waals surface area contributed by atoms with E-state index in [1.54, 1.807) is 7.11 Å². The highest BCUT2D eigenvalue weighted by Crippen LogP contribution is 2.29. The van der Waals surface area contributed by atoms with Gasteiger partial charge in [0.2, 0.25) is 0 Å². The third kappa shape index (κ3) is 4.85. The number of anilines is 1. The quantitative estimate of drug-likeness (QED) is 0.723. The molecule has 0 radical (unpaired) electrons. The molecule has 0 saturated heterocycles. The van der Waals surface area contributed by atoms with Crippen molar-refractivity contribution >= 4 is 11.6 Å². The van der Waals surface area contributed by atoms with E-state index in [-0.39, 0.29) is 5.91 Å². The maximum Gasteiger partial charge on any atom is 0.256 e. The third-order valence-electron chi connectivity index (χ3n) is 4.60. The molecule has 0 aliphatic heterocycles. The van der Waals surface area contributed by atoms with Crippen molar-refractivity contribution in [3.63, 3.8) is 0 Å². The van der Waals surface area contributed by atoms with Crippen LogP contribution in [0.1, 0.15) is 43.4 Å². The van der Waals surface area contributed by atoms with Crippen molar-refractivity contribution in [2.24, 2.45) is 0 Å². The van der Waals surface area contributed by atoms with Crippen molar-refractivity contribution in [2.75, 3.05) is 12.4 Å². The van der Waals surface area contributed by atoms with E-state index >= 15 is 0 Å². The summed E-state index contributed by atoms with van der Waals surface area (Å²) in [4.78, 5) is 12.6. The van der Waals surface area contributed by atoms with E-state index < -0.39 is 5.60 Å². The molecule has 1 amide bonds. The van der Waals surface area contributed by atoms with Crippen LogP contribution in [0, 0.1) is 13.8 Å². The molecular formula is C22H29NO3.